The molecule has 90 valence electrons. The summed E-state index contributed by atoms with van der Waals surface area (Å²) < 4.78 is 1.10. The minimum atomic E-state index is -0.226. The topological polar surface area (TPSA) is 32.8 Å². The zero-order valence-electron chi connectivity index (χ0n) is 9.54. The molecule has 1 atom stereocenters. The second-order valence-corrected chi connectivity index (χ2v) is 6.11. The van der Waals surface area contributed by atoms with E-state index in [4.69, 9.17) is 4.84 Å². The van der Waals surface area contributed by atoms with Gasteiger partial charge < -0.3 is 4.90 Å². The molecule has 2 bridgehead atoms. The van der Waals surface area contributed by atoms with Gasteiger partial charge in [-0.25, -0.2) is 5.06 Å². The largest absolute Gasteiger partial charge is 0.300 e. The molecule has 1 unspecified atom stereocenters. The number of carbonyl (C=O) groups excluding carboxylic acids is 1. The van der Waals surface area contributed by atoms with Crippen molar-refractivity contribution < 1.29 is 9.63 Å². The highest BCUT2D eigenvalue weighted by Crippen LogP contribution is 2.54. The van der Waals surface area contributed by atoms with Gasteiger partial charge in [-0.3, -0.25) is 9.63 Å². The number of alkyl halides is 1. The van der Waals surface area contributed by atoms with Crippen LogP contribution in [-0.2, 0) is 9.63 Å². The summed E-state index contributed by atoms with van der Waals surface area (Å²) in [5.41, 5.74) is -0.000741. The van der Waals surface area contributed by atoms with Crippen LogP contribution in [0.4, 0.5) is 0 Å². The lowest BCUT2D eigenvalue weighted by atomic mass is 9.62. The summed E-state index contributed by atoms with van der Waals surface area (Å²) >= 11 is 2.47. The highest BCUT2D eigenvalue weighted by molar-refractivity contribution is 14.1. The fraction of sp³-hybridized carbons (Fsp3) is 0.909. The first-order chi connectivity index (χ1) is 7.61. The third kappa shape index (κ3) is 1.31. The molecule has 1 amide bonds. The molecule has 0 aromatic heterocycles. The molecule has 0 aromatic carbocycles. The van der Waals surface area contributed by atoms with Gasteiger partial charge in [-0.2, -0.15) is 0 Å². The molecule has 4 saturated heterocycles. The lowest BCUT2D eigenvalue weighted by Gasteiger charge is -2.57. The van der Waals surface area contributed by atoms with Crippen molar-refractivity contribution in [3.05, 3.63) is 0 Å². The van der Waals surface area contributed by atoms with Crippen molar-refractivity contribution in [1.29, 1.82) is 0 Å². The summed E-state index contributed by atoms with van der Waals surface area (Å²) in [6.07, 6.45) is 2.93. The Morgan fingerprint density at radius 2 is 2.12 bits per heavy atom. The molecule has 4 nitrogen and oxygen atoms in total. The summed E-state index contributed by atoms with van der Waals surface area (Å²) in [6, 6.07) is 0. The minimum absolute atomic E-state index is 0.137. The number of nitrogens with zero attached hydrogens (tertiary/aromatic N) is 2. The molecule has 0 saturated carbocycles. The number of fused-ring (bicyclic) bond motifs is 2. The van der Waals surface area contributed by atoms with Crippen LogP contribution in [0.2, 0.25) is 0 Å². The summed E-state index contributed by atoms with van der Waals surface area (Å²) in [4.78, 5) is 20.2. The van der Waals surface area contributed by atoms with E-state index in [0.717, 1.165) is 11.0 Å². The predicted octanol–water partition coefficient (Wildman–Crippen LogP) is 1.05. The van der Waals surface area contributed by atoms with Gasteiger partial charge in [0.2, 0.25) is 5.91 Å². The molecule has 0 aromatic rings. The molecule has 5 heteroatoms. The highest BCUT2D eigenvalue weighted by Gasteiger charge is 2.62. The van der Waals surface area contributed by atoms with Crippen LogP contribution in [0.3, 0.4) is 0 Å². The Labute approximate surface area is 109 Å². The number of hydrogen-bond donors (Lipinski definition) is 0. The molecule has 0 aliphatic carbocycles. The Morgan fingerprint density at radius 3 is 2.62 bits per heavy atom. The molecule has 0 N–H and O–H groups in total. The molecule has 4 fully saturated rings. The van der Waals surface area contributed by atoms with Crippen molar-refractivity contribution in [2.45, 2.75) is 24.9 Å². The van der Waals surface area contributed by atoms with E-state index in [1.807, 2.05) is 0 Å². The summed E-state index contributed by atoms with van der Waals surface area (Å²) in [7, 11) is 1.75. The van der Waals surface area contributed by atoms with Crippen molar-refractivity contribution >= 4 is 28.5 Å². The Balaban J connectivity index is 1.97. The van der Waals surface area contributed by atoms with Crippen LogP contribution in [0.1, 0.15) is 19.3 Å². The van der Waals surface area contributed by atoms with Crippen molar-refractivity contribution in [2.24, 2.45) is 5.41 Å². The van der Waals surface area contributed by atoms with Crippen LogP contribution in [-0.4, -0.2) is 52.6 Å². The van der Waals surface area contributed by atoms with Gasteiger partial charge in [0.05, 0.1) is 6.42 Å². The predicted molar refractivity (Wildman–Crippen MR) is 68.2 cm³/mol. The van der Waals surface area contributed by atoms with Crippen LogP contribution < -0.4 is 0 Å². The van der Waals surface area contributed by atoms with Crippen LogP contribution in [0.5, 0.6) is 0 Å². The third-order valence-corrected chi connectivity index (χ3v) is 6.07. The fourth-order valence-corrected chi connectivity index (χ4v) is 4.91. The molecule has 4 rings (SSSR count). The minimum Gasteiger partial charge on any atom is -0.300 e. The maximum absolute atomic E-state index is 11.8. The molecule has 4 aliphatic heterocycles. The molecular formula is C11H17IN2O2. The van der Waals surface area contributed by atoms with Gasteiger partial charge in [0.25, 0.3) is 0 Å². The molecule has 4 heterocycles. The van der Waals surface area contributed by atoms with Crippen molar-refractivity contribution in [3.8, 4) is 0 Å². The van der Waals surface area contributed by atoms with Gasteiger partial charge in [-0.1, -0.05) is 22.6 Å². The monoisotopic (exact) mass is 336 g/mol. The SMILES string of the molecule is CN1OC2(CC1=O)CN1CCC2(CI)CC1. The maximum Gasteiger partial charge on any atom is 0.248 e. The lowest BCUT2D eigenvalue weighted by Crippen LogP contribution is -2.66. The number of amides is 1. The Hall–Kier alpha value is 0.120. The maximum atomic E-state index is 11.8. The van der Waals surface area contributed by atoms with Gasteiger partial charge >= 0.3 is 0 Å². The van der Waals surface area contributed by atoms with E-state index in [-0.39, 0.29) is 16.9 Å². The number of hydroxylamine groups is 2. The summed E-state index contributed by atoms with van der Waals surface area (Å²) in [6.45, 7) is 3.28. The van der Waals surface area contributed by atoms with Gasteiger partial charge in [-0.05, 0) is 25.9 Å². The van der Waals surface area contributed by atoms with Crippen LogP contribution >= 0.6 is 22.6 Å². The standard InChI is InChI=1S/C11H17IN2O2/c1-13-9(15)6-11(16-13)8-14-4-2-10(11,7-12)3-5-14/h2-8H2,1H3. The number of hydrogen-bond acceptors (Lipinski definition) is 3. The Kier molecular flexibility index (Phi) is 2.49. The number of rotatable bonds is 1. The molecule has 1 spiro atoms. The van der Waals surface area contributed by atoms with E-state index in [1.165, 1.54) is 31.0 Å². The Morgan fingerprint density at radius 1 is 1.44 bits per heavy atom. The van der Waals surface area contributed by atoms with Crippen molar-refractivity contribution in [3.63, 3.8) is 0 Å². The van der Waals surface area contributed by atoms with Gasteiger partial charge in [0.1, 0.15) is 5.60 Å². The first-order valence-corrected chi connectivity index (χ1v) is 7.37. The smallest absolute Gasteiger partial charge is 0.248 e. The van der Waals surface area contributed by atoms with Gasteiger partial charge in [0.15, 0.2) is 0 Å². The van der Waals surface area contributed by atoms with E-state index in [0.29, 0.717) is 6.42 Å². The molecule has 16 heavy (non-hydrogen) atoms. The zero-order chi connectivity index (χ0) is 11.4. The van der Waals surface area contributed by atoms with Crippen LogP contribution in [0.15, 0.2) is 0 Å². The van der Waals surface area contributed by atoms with Crippen molar-refractivity contribution in [2.75, 3.05) is 31.1 Å². The van der Waals surface area contributed by atoms with Crippen molar-refractivity contribution in [1.82, 2.24) is 9.96 Å². The summed E-state index contributed by atoms with van der Waals surface area (Å²) in [5, 5.41) is 1.45. The number of carbonyl (C=O) groups is 1. The van der Waals surface area contributed by atoms with Crippen LogP contribution in [0, 0.1) is 5.41 Å². The van der Waals surface area contributed by atoms with Crippen LogP contribution in [0.25, 0.3) is 0 Å². The lowest BCUT2D eigenvalue weighted by molar-refractivity contribution is -0.255. The van der Waals surface area contributed by atoms with Gasteiger partial charge in [-0.15, -0.1) is 0 Å². The molecular weight excluding hydrogens is 319 g/mol. The van der Waals surface area contributed by atoms with E-state index in [1.54, 1.807) is 7.05 Å². The second kappa shape index (κ2) is 3.55. The molecule has 4 aliphatic rings. The molecule has 0 radical (unpaired) electrons. The quantitative estimate of drug-likeness (QED) is 0.530. The van der Waals surface area contributed by atoms with E-state index in [9.17, 15) is 4.79 Å². The average molecular weight is 336 g/mol. The average Bonchev–Trinajstić information content (AvgIpc) is 2.56. The van der Waals surface area contributed by atoms with E-state index >= 15 is 0 Å². The second-order valence-electron chi connectivity index (χ2n) is 5.34. The first-order valence-electron chi connectivity index (χ1n) is 5.85. The first kappa shape index (κ1) is 11.2. The Bertz CT molecular complexity index is 328. The highest BCUT2D eigenvalue weighted by atomic mass is 127. The normalized spacial score (nSPS) is 47.0. The van der Waals surface area contributed by atoms with E-state index in [2.05, 4.69) is 27.5 Å². The van der Waals surface area contributed by atoms with E-state index < -0.39 is 0 Å². The number of halogens is 1. The zero-order valence-corrected chi connectivity index (χ0v) is 11.7. The number of piperidine rings is 3. The van der Waals surface area contributed by atoms with Gasteiger partial charge in [0, 0.05) is 23.4 Å². The third-order valence-electron chi connectivity index (χ3n) is 4.61. The summed E-state index contributed by atoms with van der Waals surface area (Å²) in [5.74, 6) is 0.137. The fourth-order valence-electron chi connectivity index (χ4n) is 3.45.